The maximum atomic E-state index is 9.66. The van der Waals surface area contributed by atoms with Crippen molar-refractivity contribution in [3.05, 3.63) is 0 Å². The van der Waals surface area contributed by atoms with E-state index in [0.717, 1.165) is 25.0 Å². The monoisotopic (exact) mass is 83.0 g/mol. The van der Waals surface area contributed by atoms with E-state index in [1.165, 1.54) is 0 Å². The van der Waals surface area contributed by atoms with Gasteiger partial charge in [-0.15, -0.1) is 0 Å². The highest BCUT2D eigenvalue weighted by atomic mass is 16.1. The first-order valence-corrected chi connectivity index (χ1v) is 1.92. The minimum absolute atomic E-state index is 0.718. The van der Waals surface area contributed by atoms with Crippen LogP contribution in [-0.2, 0) is 4.79 Å². The smallest absolute Gasteiger partial charge is 0.163 e. The van der Waals surface area contributed by atoms with E-state index in [-0.39, 0.29) is 0 Å². The van der Waals surface area contributed by atoms with E-state index >= 15 is 0 Å². The molecule has 0 atom stereocenters. The Morgan fingerprint density at radius 2 is 2.50 bits per heavy atom. The second kappa shape index (κ2) is 1.20. The maximum Gasteiger partial charge on any atom is 0.163 e. The van der Waals surface area contributed by atoms with E-state index in [9.17, 15) is 4.79 Å². The molecule has 0 aromatic carbocycles. The SMILES string of the molecule is O=CC1=NCC1. The molecule has 1 rings (SSSR count). The zero-order chi connectivity index (χ0) is 4.41. The van der Waals surface area contributed by atoms with Crippen molar-refractivity contribution in [1.29, 1.82) is 0 Å². The number of hydrogen-bond acceptors (Lipinski definition) is 2. The number of carbonyl (C=O) groups excluding carboxylic acids is 1. The first-order chi connectivity index (χ1) is 2.93. The predicted molar refractivity (Wildman–Crippen MR) is 23.0 cm³/mol. The van der Waals surface area contributed by atoms with E-state index in [1.807, 2.05) is 0 Å². The lowest BCUT2D eigenvalue weighted by Gasteiger charge is -2.03. The fourth-order valence-electron chi connectivity index (χ4n) is 0.337. The van der Waals surface area contributed by atoms with Gasteiger partial charge in [-0.1, -0.05) is 0 Å². The standard InChI is InChI=1S/C4H5NO/c6-3-4-1-2-5-4/h3H,1-2H2. The van der Waals surface area contributed by atoms with E-state index in [1.54, 1.807) is 0 Å². The molecule has 1 heterocycles. The zero-order valence-corrected chi connectivity index (χ0v) is 3.35. The molecule has 2 nitrogen and oxygen atoms in total. The number of carbonyl (C=O) groups is 1. The van der Waals surface area contributed by atoms with Crippen molar-refractivity contribution >= 4 is 12.0 Å². The number of aliphatic imine (C=N–C) groups is 1. The minimum Gasteiger partial charge on any atom is -0.297 e. The molecule has 32 valence electrons. The third kappa shape index (κ3) is 0.339. The van der Waals surface area contributed by atoms with Gasteiger partial charge in [-0.25, -0.2) is 0 Å². The van der Waals surface area contributed by atoms with Crippen molar-refractivity contribution in [2.24, 2.45) is 4.99 Å². The Hall–Kier alpha value is -0.660. The molecule has 0 amide bonds. The molecule has 0 spiro atoms. The van der Waals surface area contributed by atoms with Crippen LogP contribution in [-0.4, -0.2) is 18.5 Å². The molecule has 1 aliphatic heterocycles. The van der Waals surface area contributed by atoms with Crippen molar-refractivity contribution < 1.29 is 4.79 Å². The summed E-state index contributed by atoms with van der Waals surface area (Å²) in [7, 11) is 0. The van der Waals surface area contributed by atoms with Crippen molar-refractivity contribution in [1.82, 2.24) is 0 Å². The molecule has 0 aromatic rings. The van der Waals surface area contributed by atoms with Gasteiger partial charge in [-0.05, 0) is 0 Å². The lowest BCUT2D eigenvalue weighted by Crippen LogP contribution is -2.11. The molecule has 0 aliphatic carbocycles. The second-order valence-corrected chi connectivity index (χ2v) is 1.24. The van der Waals surface area contributed by atoms with Crippen molar-refractivity contribution in [3.63, 3.8) is 0 Å². The molecule has 0 unspecified atom stereocenters. The van der Waals surface area contributed by atoms with Crippen LogP contribution in [0, 0.1) is 0 Å². The Morgan fingerprint density at radius 1 is 1.83 bits per heavy atom. The van der Waals surface area contributed by atoms with Crippen molar-refractivity contribution in [2.75, 3.05) is 6.54 Å². The lowest BCUT2D eigenvalue weighted by atomic mass is 10.2. The quantitative estimate of drug-likeness (QED) is 0.411. The lowest BCUT2D eigenvalue weighted by molar-refractivity contribution is -0.102. The molecule has 1 aliphatic rings. The Labute approximate surface area is 35.9 Å². The van der Waals surface area contributed by atoms with Crippen LogP contribution in [0.3, 0.4) is 0 Å². The predicted octanol–water partition coefficient (Wildman–Crippen LogP) is 0.0300. The Morgan fingerprint density at radius 3 is 2.50 bits per heavy atom. The van der Waals surface area contributed by atoms with Gasteiger partial charge in [0.2, 0.25) is 0 Å². The molecule has 0 saturated heterocycles. The highest BCUT2D eigenvalue weighted by Gasteiger charge is 2.02. The molecular weight excluding hydrogens is 78.0 g/mol. The fraction of sp³-hybridized carbons (Fsp3) is 0.500. The van der Waals surface area contributed by atoms with Crippen LogP contribution in [0.25, 0.3) is 0 Å². The van der Waals surface area contributed by atoms with Crippen LogP contribution in [0.4, 0.5) is 0 Å². The molecule has 0 fully saturated rings. The summed E-state index contributed by atoms with van der Waals surface area (Å²) in [5.41, 5.74) is 0.718. The number of hydrogen-bond donors (Lipinski definition) is 0. The van der Waals surface area contributed by atoms with E-state index in [0.29, 0.717) is 0 Å². The number of aldehydes is 1. The van der Waals surface area contributed by atoms with Crippen LogP contribution in [0.2, 0.25) is 0 Å². The van der Waals surface area contributed by atoms with Gasteiger partial charge in [0, 0.05) is 13.0 Å². The third-order valence-corrected chi connectivity index (χ3v) is 0.819. The highest BCUT2D eigenvalue weighted by molar-refractivity contribution is 6.30. The van der Waals surface area contributed by atoms with Crippen LogP contribution in [0.5, 0.6) is 0 Å². The summed E-state index contributed by atoms with van der Waals surface area (Å²) in [6.45, 7) is 0.855. The number of rotatable bonds is 1. The van der Waals surface area contributed by atoms with Gasteiger partial charge in [-0.3, -0.25) is 9.79 Å². The summed E-state index contributed by atoms with van der Waals surface area (Å²) in [5.74, 6) is 0. The summed E-state index contributed by atoms with van der Waals surface area (Å²) in [6, 6.07) is 0. The topological polar surface area (TPSA) is 29.4 Å². The number of nitrogens with zero attached hydrogens (tertiary/aromatic N) is 1. The summed E-state index contributed by atoms with van der Waals surface area (Å²) in [6.07, 6.45) is 1.70. The van der Waals surface area contributed by atoms with Gasteiger partial charge in [-0.2, -0.15) is 0 Å². The molecular formula is C4H5NO. The molecule has 0 N–H and O–H groups in total. The zero-order valence-electron chi connectivity index (χ0n) is 3.35. The van der Waals surface area contributed by atoms with Crippen LogP contribution in [0.15, 0.2) is 4.99 Å². The molecule has 0 radical (unpaired) electrons. The fourth-order valence-corrected chi connectivity index (χ4v) is 0.337. The van der Waals surface area contributed by atoms with Gasteiger partial charge in [0.15, 0.2) is 6.29 Å². The van der Waals surface area contributed by atoms with E-state index < -0.39 is 0 Å². The normalized spacial score (nSPS) is 18.3. The van der Waals surface area contributed by atoms with E-state index in [2.05, 4.69) is 4.99 Å². The van der Waals surface area contributed by atoms with E-state index in [4.69, 9.17) is 0 Å². The molecule has 0 saturated carbocycles. The Bertz CT molecular complexity index is 95.7. The van der Waals surface area contributed by atoms with Gasteiger partial charge in [0.25, 0.3) is 0 Å². The summed E-state index contributed by atoms with van der Waals surface area (Å²) >= 11 is 0. The molecule has 0 aromatic heterocycles. The van der Waals surface area contributed by atoms with Gasteiger partial charge < -0.3 is 0 Å². The largest absolute Gasteiger partial charge is 0.297 e. The highest BCUT2D eigenvalue weighted by Crippen LogP contribution is 1.95. The maximum absolute atomic E-state index is 9.66. The summed E-state index contributed by atoms with van der Waals surface area (Å²) < 4.78 is 0. The van der Waals surface area contributed by atoms with Crippen molar-refractivity contribution in [2.45, 2.75) is 6.42 Å². The van der Waals surface area contributed by atoms with Gasteiger partial charge >= 0.3 is 0 Å². The average molecular weight is 83.1 g/mol. The first kappa shape index (κ1) is 3.53. The molecule has 6 heavy (non-hydrogen) atoms. The van der Waals surface area contributed by atoms with Crippen LogP contribution >= 0.6 is 0 Å². The Balaban J connectivity index is 2.52. The minimum atomic E-state index is 0.718. The van der Waals surface area contributed by atoms with Gasteiger partial charge in [0.05, 0.1) is 5.71 Å². The van der Waals surface area contributed by atoms with Gasteiger partial charge in [0.1, 0.15) is 0 Å². The average Bonchev–Trinajstić information content (AvgIpc) is 1.31. The van der Waals surface area contributed by atoms with Crippen LogP contribution < -0.4 is 0 Å². The Kier molecular flexibility index (Phi) is 0.708. The third-order valence-electron chi connectivity index (χ3n) is 0.819. The second-order valence-electron chi connectivity index (χ2n) is 1.24. The summed E-state index contributed by atoms with van der Waals surface area (Å²) in [4.78, 5) is 13.4. The van der Waals surface area contributed by atoms with Crippen LogP contribution in [0.1, 0.15) is 6.42 Å². The molecule has 2 heteroatoms. The summed E-state index contributed by atoms with van der Waals surface area (Å²) in [5, 5.41) is 0. The van der Waals surface area contributed by atoms with Crippen molar-refractivity contribution in [3.8, 4) is 0 Å². The first-order valence-electron chi connectivity index (χ1n) is 1.92. The molecule has 0 bridgehead atoms.